The summed E-state index contributed by atoms with van der Waals surface area (Å²) < 4.78 is 12.7. The van der Waals surface area contributed by atoms with E-state index >= 15 is 0 Å². The fraction of sp³-hybridized carbons (Fsp3) is 0.154. The van der Waals surface area contributed by atoms with Gasteiger partial charge >= 0.3 is 0 Å². The van der Waals surface area contributed by atoms with Crippen LogP contribution in [0, 0.1) is 5.82 Å². The maximum absolute atomic E-state index is 12.7. The second-order valence-corrected chi connectivity index (χ2v) is 4.80. The van der Waals surface area contributed by atoms with Crippen LogP contribution in [-0.2, 0) is 11.3 Å². The van der Waals surface area contributed by atoms with Gasteiger partial charge in [-0.15, -0.1) is 11.3 Å². The quantitative estimate of drug-likeness (QED) is 0.888. The third-order valence-corrected chi connectivity index (χ3v) is 3.27. The summed E-state index contributed by atoms with van der Waals surface area (Å²) in [5, 5.41) is 7.87. The molecule has 0 aliphatic rings. The Kier molecular flexibility index (Phi) is 3.94. The zero-order valence-electron chi connectivity index (χ0n) is 9.87. The van der Waals surface area contributed by atoms with Gasteiger partial charge in [-0.3, -0.25) is 4.79 Å². The molecule has 0 bridgehead atoms. The molecule has 2 rings (SSSR count). The first-order valence-electron chi connectivity index (χ1n) is 5.48. The lowest BCUT2D eigenvalue weighted by molar-refractivity contribution is -0.114. The highest BCUT2D eigenvalue weighted by Crippen LogP contribution is 2.23. The Hall–Kier alpha value is -1.88. The Balaban J connectivity index is 1.99. The second-order valence-electron chi connectivity index (χ2n) is 3.80. The first-order chi connectivity index (χ1) is 8.65. The van der Waals surface area contributed by atoms with Crippen molar-refractivity contribution in [2.75, 3.05) is 10.6 Å². The average Bonchev–Trinajstić information content (AvgIpc) is 2.75. The third kappa shape index (κ3) is 3.30. The highest BCUT2D eigenvalue weighted by Gasteiger charge is 2.05. The molecule has 0 aliphatic heterocycles. The molecule has 0 fully saturated rings. The Morgan fingerprint density at radius 3 is 2.67 bits per heavy atom. The smallest absolute Gasteiger partial charge is 0.221 e. The van der Waals surface area contributed by atoms with Gasteiger partial charge in [0, 0.05) is 17.5 Å². The fourth-order valence-electron chi connectivity index (χ4n) is 1.53. The number of hydrogen-bond donors (Lipinski definition) is 2. The van der Waals surface area contributed by atoms with Gasteiger partial charge < -0.3 is 10.6 Å². The number of amides is 1. The number of carbonyl (C=O) groups is 1. The van der Waals surface area contributed by atoms with Crippen LogP contribution in [0.4, 0.5) is 15.8 Å². The molecule has 2 N–H and O–H groups in total. The van der Waals surface area contributed by atoms with Gasteiger partial charge in [-0.05, 0) is 35.7 Å². The minimum Gasteiger partial charge on any atom is -0.380 e. The molecule has 1 heterocycles. The van der Waals surface area contributed by atoms with Crippen molar-refractivity contribution in [1.82, 2.24) is 0 Å². The molecule has 2 aromatic rings. The van der Waals surface area contributed by atoms with Crippen LogP contribution in [0.25, 0.3) is 0 Å². The van der Waals surface area contributed by atoms with E-state index in [0.717, 1.165) is 16.3 Å². The summed E-state index contributed by atoms with van der Waals surface area (Å²) in [6.45, 7) is 2.08. The Labute approximate surface area is 109 Å². The summed E-state index contributed by atoms with van der Waals surface area (Å²) >= 11 is 1.56. The molecule has 1 aromatic carbocycles. The van der Waals surface area contributed by atoms with E-state index < -0.39 is 0 Å². The summed E-state index contributed by atoms with van der Waals surface area (Å²) in [4.78, 5) is 12.0. The van der Waals surface area contributed by atoms with Crippen molar-refractivity contribution in [2.24, 2.45) is 0 Å². The minimum atomic E-state index is -0.254. The van der Waals surface area contributed by atoms with Crippen LogP contribution in [0.15, 0.2) is 35.7 Å². The summed E-state index contributed by atoms with van der Waals surface area (Å²) in [5.41, 5.74) is 1.67. The van der Waals surface area contributed by atoms with E-state index in [2.05, 4.69) is 10.6 Å². The number of nitrogens with one attached hydrogen (secondary N) is 2. The predicted octanol–water partition coefficient (Wildman–Crippen LogP) is 3.46. The van der Waals surface area contributed by atoms with Gasteiger partial charge in [0.1, 0.15) is 5.82 Å². The zero-order chi connectivity index (χ0) is 13.0. The monoisotopic (exact) mass is 264 g/mol. The SMILES string of the molecule is CC(=O)Nc1ccsc1CNc1ccc(F)cc1. The van der Waals surface area contributed by atoms with Crippen molar-refractivity contribution in [3.63, 3.8) is 0 Å². The van der Waals surface area contributed by atoms with Gasteiger partial charge in [0.15, 0.2) is 0 Å². The molecule has 94 valence electrons. The molecule has 1 amide bonds. The maximum Gasteiger partial charge on any atom is 0.221 e. The van der Waals surface area contributed by atoms with Crippen LogP contribution in [-0.4, -0.2) is 5.91 Å². The fourth-order valence-corrected chi connectivity index (χ4v) is 2.30. The standard InChI is InChI=1S/C13H13FN2OS/c1-9(17)16-12-6-7-18-13(12)8-15-11-4-2-10(14)3-5-11/h2-7,15H,8H2,1H3,(H,16,17). The molecule has 0 radical (unpaired) electrons. The van der Waals surface area contributed by atoms with Crippen LogP contribution < -0.4 is 10.6 Å². The normalized spacial score (nSPS) is 10.1. The average molecular weight is 264 g/mol. The number of halogens is 1. The van der Waals surface area contributed by atoms with Crippen molar-refractivity contribution in [2.45, 2.75) is 13.5 Å². The van der Waals surface area contributed by atoms with Gasteiger partial charge in [0.25, 0.3) is 0 Å². The van der Waals surface area contributed by atoms with Crippen LogP contribution in [0.1, 0.15) is 11.8 Å². The number of thiophene rings is 1. The van der Waals surface area contributed by atoms with Crippen molar-refractivity contribution in [3.8, 4) is 0 Å². The minimum absolute atomic E-state index is 0.0866. The molecular formula is C13H13FN2OS. The maximum atomic E-state index is 12.7. The van der Waals surface area contributed by atoms with Crippen molar-refractivity contribution in [3.05, 3.63) is 46.4 Å². The van der Waals surface area contributed by atoms with Crippen LogP contribution in [0.5, 0.6) is 0 Å². The van der Waals surface area contributed by atoms with E-state index in [4.69, 9.17) is 0 Å². The number of benzene rings is 1. The number of rotatable bonds is 4. The predicted molar refractivity (Wildman–Crippen MR) is 72.3 cm³/mol. The lowest BCUT2D eigenvalue weighted by Crippen LogP contribution is -2.08. The molecule has 0 saturated carbocycles. The highest BCUT2D eigenvalue weighted by atomic mass is 32.1. The van der Waals surface area contributed by atoms with E-state index in [1.165, 1.54) is 19.1 Å². The van der Waals surface area contributed by atoms with Crippen molar-refractivity contribution < 1.29 is 9.18 Å². The molecule has 1 aromatic heterocycles. The molecule has 18 heavy (non-hydrogen) atoms. The van der Waals surface area contributed by atoms with E-state index in [1.54, 1.807) is 23.5 Å². The lowest BCUT2D eigenvalue weighted by atomic mass is 10.3. The Morgan fingerprint density at radius 2 is 2.00 bits per heavy atom. The summed E-state index contributed by atoms with van der Waals surface area (Å²) in [6, 6.07) is 8.05. The first-order valence-corrected chi connectivity index (χ1v) is 6.36. The highest BCUT2D eigenvalue weighted by molar-refractivity contribution is 7.10. The molecular weight excluding hydrogens is 251 g/mol. The Bertz CT molecular complexity index is 536. The summed E-state index contributed by atoms with van der Waals surface area (Å²) in [5.74, 6) is -0.341. The Morgan fingerprint density at radius 1 is 1.28 bits per heavy atom. The van der Waals surface area contributed by atoms with Gasteiger partial charge in [-0.25, -0.2) is 4.39 Å². The summed E-state index contributed by atoms with van der Waals surface area (Å²) in [7, 11) is 0. The molecule has 5 heteroatoms. The number of anilines is 2. The van der Waals surface area contributed by atoms with Crippen LogP contribution >= 0.6 is 11.3 Å². The summed E-state index contributed by atoms with van der Waals surface area (Å²) in [6.07, 6.45) is 0. The van der Waals surface area contributed by atoms with Crippen LogP contribution in [0.2, 0.25) is 0 Å². The molecule has 0 atom stereocenters. The lowest BCUT2D eigenvalue weighted by Gasteiger charge is -2.07. The zero-order valence-corrected chi connectivity index (χ0v) is 10.7. The van der Waals surface area contributed by atoms with Gasteiger partial charge in [0.05, 0.1) is 12.2 Å². The number of carbonyl (C=O) groups excluding carboxylic acids is 1. The van der Waals surface area contributed by atoms with Gasteiger partial charge in [0.2, 0.25) is 5.91 Å². The molecule has 3 nitrogen and oxygen atoms in total. The van der Waals surface area contributed by atoms with E-state index in [1.807, 2.05) is 11.4 Å². The topological polar surface area (TPSA) is 41.1 Å². The van der Waals surface area contributed by atoms with Gasteiger partial charge in [-0.1, -0.05) is 0 Å². The van der Waals surface area contributed by atoms with E-state index in [0.29, 0.717) is 6.54 Å². The van der Waals surface area contributed by atoms with Crippen molar-refractivity contribution in [1.29, 1.82) is 0 Å². The number of hydrogen-bond acceptors (Lipinski definition) is 3. The van der Waals surface area contributed by atoms with Gasteiger partial charge in [-0.2, -0.15) is 0 Å². The second kappa shape index (κ2) is 5.64. The molecule has 0 aliphatic carbocycles. The molecule has 0 spiro atoms. The first kappa shape index (κ1) is 12.6. The van der Waals surface area contributed by atoms with E-state index in [9.17, 15) is 9.18 Å². The van der Waals surface area contributed by atoms with Crippen molar-refractivity contribution >= 4 is 28.6 Å². The molecule has 0 saturated heterocycles. The largest absolute Gasteiger partial charge is 0.380 e. The molecule has 0 unspecified atom stereocenters. The third-order valence-electron chi connectivity index (χ3n) is 2.35. The van der Waals surface area contributed by atoms with E-state index in [-0.39, 0.29) is 11.7 Å². The van der Waals surface area contributed by atoms with Crippen LogP contribution in [0.3, 0.4) is 0 Å².